The molecule has 3 heteroatoms. The van der Waals surface area contributed by atoms with Crippen molar-refractivity contribution >= 4 is 11.8 Å². The third-order valence-corrected chi connectivity index (χ3v) is 4.08. The summed E-state index contributed by atoms with van der Waals surface area (Å²) in [6.07, 6.45) is 3.36. The Balaban J connectivity index is 2.00. The van der Waals surface area contributed by atoms with E-state index in [9.17, 15) is 5.11 Å². The number of thioether (sulfide) groups is 1. The third-order valence-electron chi connectivity index (χ3n) is 3.03. The summed E-state index contributed by atoms with van der Waals surface area (Å²) in [7, 11) is 0. The van der Waals surface area contributed by atoms with Crippen LogP contribution < -0.4 is 5.32 Å². The molecule has 2 N–H and O–H groups in total. The molecule has 2 aliphatic rings. The normalized spacial score (nSPS) is 43.2. The van der Waals surface area contributed by atoms with Crippen LogP contribution in [0, 0.1) is 5.92 Å². The fraction of sp³-hybridized carbons (Fsp3) is 1.00. The average Bonchev–Trinajstić information content (AvgIpc) is 2.30. The third kappa shape index (κ3) is 1.78. The molecule has 2 rings (SSSR count). The summed E-state index contributed by atoms with van der Waals surface area (Å²) in [6.45, 7) is 1.01. The van der Waals surface area contributed by atoms with Crippen LogP contribution in [0.1, 0.15) is 19.3 Å². The van der Waals surface area contributed by atoms with Crippen LogP contribution in [0.2, 0.25) is 0 Å². The molecule has 2 nitrogen and oxygen atoms in total. The molecule has 0 aromatic rings. The standard InChI is InChI=1S/C9H17NOS/c11-9-1-4-10-8-3-6-12-5-2-7(8)9/h7-11H,1-6H2. The lowest BCUT2D eigenvalue weighted by atomic mass is 9.85. The quantitative estimate of drug-likeness (QED) is 0.590. The number of hydrogen-bond acceptors (Lipinski definition) is 3. The largest absolute Gasteiger partial charge is 0.393 e. The van der Waals surface area contributed by atoms with Crippen molar-refractivity contribution in [2.45, 2.75) is 31.4 Å². The summed E-state index contributed by atoms with van der Waals surface area (Å²) in [5.74, 6) is 3.04. The van der Waals surface area contributed by atoms with Gasteiger partial charge in [-0.2, -0.15) is 11.8 Å². The Hall–Kier alpha value is 0.270. The Morgan fingerprint density at radius 3 is 2.92 bits per heavy atom. The molecule has 0 saturated carbocycles. The number of aliphatic hydroxyl groups is 1. The Labute approximate surface area is 78.1 Å². The average molecular weight is 187 g/mol. The van der Waals surface area contributed by atoms with Crippen LogP contribution in [-0.2, 0) is 0 Å². The van der Waals surface area contributed by atoms with E-state index in [1.165, 1.54) is 24.3 Å². The van der Waals surface area contributed by atoms with Crippen LogP contribution >= 0.6 is 11.8 Å². The second-order valence-electron chi connectivity index (χ2n) is 3.77. The molecule has 2 saturated heterocycles. The number of nitrogens with one attached hydrogen (secondary N) is 1. The minimum atomic E-state index is -0.0325. The Morgan fingerprint density at radius 1 is 1.17 bits per heavy atom. The van der Waals surface area contributed by atoms with Crippen molar-refractivity contribution in [1.29, 1.82) is 0 Å². The van der Waals surface area contributed by atoms with Gasteiger partial charge in [0.25, 0.3) is 0 Å². The summed E-state index contributed by atoms with van der Waals surface area (Å²) in [5.41, 5.74) is 0. The van der Waals surface area contributed by atoms with Gasteiger partial charge in [0.1, 0.15) is 0 Å². The molecule has 2 aliphatic heterocycles. The predicted molar refractivity (Wildman–Crippen MR) is 52.5 cm³/mol. The topological polar surface area (TPSA) is 32.3 Å². The molecule has 70 valence electrons. The van der Waals surface area contributed by atoms with E-state index in [0.29, 0.717) is 12.0 Å². The van der Waals surface area contributed by atoms with E-state index in [0.717, 1.165) is 13.0 Å². The number of aliphatic hydroxyl groups excluding tert-OH is 1. The van der Waals surface area contributed by atoms with E-state index in [1.807, 2.05) is 11.8 Å². The predicted octanol–water partition coefficient (Wildman–Crippen LogP) is 0.852. The van der Waals surface area contributed by atoms with Gasteiger partial charge in [-0.25, -0.2) is 0 Å². The van der Waals surface area contributed by atoms with Crippen molar-refractivity contribution in [2.24, 2.45) is 5.92 Å². The molecule has 0 amide bonds. The van der Waals surface area contributed by atoms with E-state index in [4.69, 9.17) is 0 Å². The van der Waals surface area contributed by atoms with E-state index < -0.39 is 0 Å². The maximum atomic E-state index is 9.78. The summed E-state index contributed by atoms with van der Waals surface area (Å²) in [5, 5.41) is 13.3. The maximum absolute atomic E-state index is 9.78. The number of hydrogen-bond donors (Lipinski definition) is 2. The highest BCUT2D eigenvalue weighted by Crippen LogP contribution is 2.28. The van der Waals surface area contributed by atoms with Gasteiger partial charge in [0, 0.05) is 12.0 Å². The summed E-state index contributed by atoms with van der Waals surface area (Å²) >= 11 is 2.03. The molecular formula is C9H17NOS. The first-order valence-corrected chi connectivity index (χ1v) is 6.02. The van der Waals surface area contributed by atoms with Gasteiger partial charge in [-0.1, -0.05) is 0 Å². The van der Waals surface area contributed by atoms with E-state index >= 15 is 0 Å². The maximum Gasteiger partial charge on any atom is 0.0595 e. The molecule has 0 aromatic carbocycles. The first kappa shape index (κ1) is 8.85. The lowest BCUT2D eigenvalue weighted by Gasteiger charge is -2.35. The first-order valence-electron chi connectivity index (χ1n) is 4.87. The van der Waals surface area contributed by atoms with Gasteiger partial charge in [-0.3, -0.25) is 0 Å². The number of piperidine rings is 1. The van der Waals surface area contributed by atoms with Gasteiger partial charge in [0.15, 0.2) is 0 Å². The zero-order valence-electron chi connectivity index (χ0n) is 7.33. The Morgan fingerprint density at radius 2 is 2.00 bits per heavy atom. The second kappa shape index (κ2) is 3.99. The summed E-state index contributed by atoms with van der Waals surface area (Å²) in [4.78, 5) is 0. The van der Waals surface area contributed by atoms with E-state index in [-0.39, 0.29) is 6.10 Å². The van der Waals surface area contributed by atoms with Gasteiger partial charge in [-0.05, 0) is 37.3 Å². The lowest BCUT2D eigenvalue weighted by molar-refractivity contribution is 0.0504. The minimum Gasteiger partial charge on any atom is -0.393 e. The van der Waals surface area contributed by atoms with Crippen LogP contribution in [0.5, 0.6) is 0 Å². The van der Waals surface area contributed by atoms with Crippen molar-refractivity contribution in [3.63, 3.8) is 0 Å². The molecule has 0 spiro atoms. The van der Waals surface area contributed by atoms with Crippen molar-refractivity contribution in [1.82, 2.24) is 5.32 Å². The van der Waals surface area contributed by atoms with Gasteiger partial charge in [0.05, 0.1) is 6.10 Å². The molecule has 3 atom stereocenters. The minimum absolute atomic E-state index is 0.0325. The van der Waals surface area contributed by atoms with Crippen LogP contribution in [0.3, 0.4) is 0 Å². The van der Waals surface area contributed by atoms with Crippen LogP contribution in [0.15, 0.2) is 0 Å². The summed E-state index contributed by atoms with van der Waals surface area (Å²) in [6, 6.07) is 0.601. The highest BCUT2D eigenvalue weighted by Gasteiger charge is 2.32. The second-order valence-corrected chi connectivity index (χ2v) is 4.99. The van der Waals surface area contributed by atoms with Crippen LogP contribution in [0.4, 0.5) is 0 Å². The van der Waals surface area contributed by atoms with Crippen LogP contribution in [0.25, 0.3) is 0 Å². The molecule has 3 unspecified atom stereocenters. The highest BCUT2D eigenvalue weighted by atomic mass is 32.2. The molecular weight excluding hydrogens is 170 g/mol. The zero-order chi connectivity index (χ0) is 8.39. The van der Waals surface area contributed by atoms with E-state index in [1.54, 1.807) is 0 Å². The monoisotopic (exact) mass is 187 g/mol. The fourth-order valence-electron chi connectivity index (χ4n) is 2.29. The van der Waals surface area contributed by atoms with Gasteiger partial charge < -0.3 is 10.4 Å². The summed E-state index contributed by atoms with van der Waals surface area (Å²) < 4.78 is 0. The van der Waals surface area contributed by atoms with Crippen molar-refractivity contribution in [3.05, 3.63) is 0 Å². The van der Waals surface area contributed by atoms with Crippen molar-refractivity contribution in [3.8, 4) is 0 Å². The molecule has 2 fully saturated rings. The molecule has 2 heterocycles. The number of fused-ring (bicyclic) bond motifs is 1. The Kier molecular flexibility index (Phi) is 2.94. The van der Waals surface area contributed by atoms with Gasteiger partial charge in [-0.15, -0.1) is 0 Å². The lowest BCUT2D eigenvalue weighted by Crippen LogP contribution is -2.48. The van der Waals surface area contributed by atoms with Crippen molar-refractivity contribution < 1.29 is 5.11 Å². The van der Waals surface area contributed by atoms with E-state index in [2.05, 4.69) is 5.32 Å². The molecule has 0 bridgehead atoms. The number of rotatable bonds is 0. The van der Waals surface area contributed by atoms with Gasteiger partial charge in [0.2, 0.25) is 0 Å². The first-order chi connectivity index (χ1) is 5.88. The Bertz CT molecular complexity index is 153. The SMILES string of the molecule is OC1CCNC2CCSCCC12. The molecule has 0 aliphatic carbocycles. The highest BCUT2D eigenvalue weighted by molar-refractivity contribution is 7.99. The fourth-order valence-corrected chi connectivity index (χ4v) is 3.36. The molecule has 12 heavy (non-hydrogen) atoms. The van der Waals surface area contributed by atoms with Crippen LogP contribution in [-0.4, -0.2) is 35.3 Å². The smallest absolute Gasteiger partial charge is 0.0595 e. The molecule has 0 radical (unpaired) electrons. The zero-order valence-corrected chi connectivity index (χ0v) is 8.15. The molecule has 0 aromatic heterocycles. The van der Waals surface area contributed by atoms with Gasteiger partial charge >= 0.3 is 0 Å². The van der Waals surface area contributed by atoms with Crippen molar-refractivity contribution in [2.75, 3.05) is 18.1 Å².